The molecule has 5 rings (SSSR count). The van der Waals surface area contributed by atoms with E-state index in [0.717, 1.165) is 11.3 Å². The molecular weight excluding hydrogens is 496 g/mol. The van der Waals surface area contributed by atoms with Crippen molar-refractivity contribution < 1.29 is 33.7 Å². The number of rotatable bonds is 6. The molecule has 9 nitrogen and oxygen atoms in total. The minimum Gasteiger partial charge on any atom is -0.507 e. The number of aliphatic hydroxyl groups is 1. The zero-order valence-electron chi connectivity index (χ0n) is 19.8. The number of benzene rings is 2. The average Bonchev–Trinajstić information content (AvgIpc) is 3.43. The number of carbonyl (C=O) groups excluding carboxylic acids is 3. The molecule has 3 heterocycles. The maximum absolute atomic E-state index is 13.4. The smallest absolute Gasteiger partial charge is 0.350 e. The summed E-state index contributed by atoms with van der Waals surface area (Å²) in [6.45, 7) is 5.94. The molecule has 188 valence electrons. The number of nitrogens with zero attached hydrogens (tertiary/aromatic N) is 2. The number of aliphatic hydroxyl groups excluding tert-OH is 1. The summed E-state index contributed by atoms with van der Waals surface area (Å²) in [5.74, 6) is -1.75. The number of aryl methyl sites for hydroxylation is 1. The quantitative estimate of drug-likeness (QED) is 0.170. The molecule has 1 amide bonds. The summed E-state index contributed by atoms with van der Waals surface area (Å²) >= 11 is 0.940. The van der Waals surface area contributed by atoms with Crippen molar-refractivity contribution >= 4 is 39.9 Å². The second-order valence-corrected chi connectivity index (χ2v) is 9.21. The molecule has 1 unspecified atom stereocenters. The number of ketones is 1. The first-order valence-corrected chi connectivity index (χ1v) is 12.2. The van der Waals surface area contributed by atoms with Gasteiger partial charge in [-0.3, -0.25) is 14.5 Å². The Morgan fingerprint density at radius 2 is 1.92 bits per heavy atom. The minimum atomic E-state index is -0.975. The van der Waals surface area contributed by atoms with E-state index in [4.69, 9.17) is 14.2 Å². The molecule has 2 aromatic carbocycles. The Bertz CT molecular complexity index is 1440. The van der Waals surface area contributed by atoms with Crippen LogP contribution in [-0.2, 0) is 14.3 Å². The summed E-state index contributed by atoms with van der Waals surface area (Å²) in [4.78, 5) is 45.0. The van der Waals surface area contributed by atoms with Crippen molar-refractivity contribution in [3.8, 4) is 11.5 Å². The molecule has 2 aliphatic rings. The number of thiazole rings is 1. The Kier molecular flexibility index (Phi) is 6.49. The van der Waals surface area contributed by atoms with Crippen LogP contribution in [0.2, 0.25) is 0 Å². The lowest BCUT2D eigenvalue weighted by molar-refractivity contribution is -0.132. The highest BCUT2D eigenvalue weighted by atomic mass is 32.1. The third-order valence-corrected chi connectivity index (χ3v) is 7.02. The van der Waals surface area contributed by atoms with E-state index in [0.29, 0.717) is 41.5 Å². The van der Waals surface area contributed by atoms with Gasteiger partial charge in [0.1, 0.15) is 30.5 Å². The minimum absolute atomic E-state index is 0.0234. The summed E-state index contributed by atoms with van der Waals surface area (Å²) in [7, 11) is 0. The van der Waals surface area contributed by atoms with E-state index in [1.54, 1.807) is 55.5 Å². The molecule has 2 aliphatic heterocycles. The number of carbonyl (C=O) groups is 3. The topological polar surface area (TPSA) is 115 Å². The van der Waals surface area contributed by atoms with Crippen molar-refractivity contribution in [1.82, 2.24) is 4.98 Å². The Morgan fingerprint density at radius 1 is 1.19 bits per heavy atom. The van der Waals surface area contributed by atoms with Crippen molar-refractivity contribution in [2.45, 2.75) is 13.0 Å². The molecule has 1 atom stereocenters. The van der Waals surface area contributed by atoms with E-state index in [1.165, 1.54) is 11.0 Å². The number of Topliss-reactive ketones (excluding diaryl/α,β-unsaturated/α-hetero) is 1. The highest BCUT2D eigenvalue weighted by molar-refractivity contribution is 7.17. The number of hydrogen-bond acceptors (Lipinski definition) is 9. The van der Waals surface area contributed by atoms with Gasteiger partial charge in [0, 0.05) is 5.56 Å². The standard InChI is InChI=1S/C27H22N2O7S/c1-3-11-36-26(33)24-15(2)28-27(37-24)29-21(16-7-5-4-6-8-16)20(23(31)25(29)32)22(30)17-9-10-18-19(14-17)35-13-12-34-18/h3-10,14,21,30H,1,11-13H2,2H3/b22-20+. The normalized spacial score (nSPS) is 18.1. The molecule has 1 aromatic heterocycles. The molecular formula is C27H22N2O7S. The van der Waals surface area contributed by atoms with Crippen molar-refractivity contribution in [3.63, 3.8) is 0 Å². The summed E-state index contributed by atoms with van der Waals surface area (Å²) < 4.78 is 16.3. The Hall–Kier alpha value is -4.44. The summed E-state index contributed by atoms with van der Waals surface area (Å²) in [6, 6.07) is 12.7. The van der Waals surface area contributed by atoms with Gasteiger partial charge in [-0.1, -0.05) is 54.3 Å². The van der Waals surface area contributed by atoms with Crippen LogP contribution in [0.15, 0.2) is 66.8 Å². The van der Waals surface area contributed by atoms with Gasteiger partial charge in [0.15, 0.2) is 16.6 Å². The lowest BCUT2D eigenvalue weighted by Crippen LogP contribution is -2.29. The molecule has 1 N–H and O–H groups in total. The van der Waals surface area contributed by atoms with Gasteiger partial charge in [-0.15, -0.1) is 0 Å². The van der Waals surface area contributed by atoms with Crippen LogP contribution in [0.1, 0.15) is 32.5 Å². The molecule has 0 saturated carbocycles. The lowest BCUT2D eigenvalue weighted by Gasteiger charge is -2.23. The zero-order chi connectivity index (χ0) is 26.1. The van der Waals surface area contributed by atoms with Crippen molar-refractivity contribution in [1.29, 1.82) is 0 Å². The van der Waals surface area contributed by atoms with Crippen molar-refractivity contribution in [2.24, 2.45) is 0 Å². The maximum atomic E-state index is 13.4. The number of ether oxygens (including phenoxy) is 3. The van der Waals surface area contributed by atoms with E-state index in [2.05, 4.69) is 11.6 Å². The Balaban J connectivity index is 1.63. The molecule has 3 aromatic rings. The lowest BCUT2D eigenvalue weighted by atomic mass is 9.95. The molecule has 10 heteroatoms. The van der Waals surface area contributed by atoms with Gasteiger partial charge < -0.3 is 19.3 Å². The monoisotopic (exact) mass is 518 g/mol. The number of amides is 1. The molecule has 1 saturated heterocycles. The SMILES string of the molecule is C=CCOC(=O)c1sc(N2C(=O)C(=O)/C(=C(/O)c3ccc4c(c3)OCCO4)C2c2ccccc2)nc1C. The van der Waals surface area contributed by atoms with Crippen LogP contribution in [0.25, 0.3) is 5.76 Å². The summed E-state index contributed by atoms with van der Waals surface area (Å²) in [5.41, 5.74) is 1.14. The maximum Gasteiger partial charge on any atom is 0.350 e. The fourth-order valence-corrected chi connectivity index (χ4v) is 5.19. The van der Waals surface area contributed by atoms with Gasteiger partial charge in [0.2, 0.25) is 0 Å². The molecule has 0 bridgehead atoms. The van der Waals surface area contributed by atoms with Crippen LogP contribution in [0, 0.1) is 6.92 Å². The first kappa shape index (κ1) is 24.3. The Morgan fingerprint density at radius 3 is 2.65 bits per heavy atom. The van der Waals surface area contributed by atoms with Crippen LogP contribution >= 0.6 is 11.3 Å². The van der Waals surface area contributed by atoms with Crippen molar-refractivity contribution in [3.05, 3.63) is 88.5 Å². The first-order valence-electron chi connectivity index (χ1n) is 11.4. The highest BCUT2D eigenvalue weighted by Gasteiger charge is 2.48. The van der Waals surface area contributed by atoms with E-state index in [-0.39, 0.29) is 27.9 Å². The van der Waals surface area contributed by atoms with Crippen LogP contribution in [0.3, 0.4) is 0 Å². The fourth-order valence-electron chi connectivity index (χ4n) is 4.20. The van der Waals surface area contributed by atoms with Gasteiger partial charge in [0.05, 0.1) is 17.3 Å². The van der Waals surface area contributed by atoms with Crippen LogP contribution in [0.4, 0.5) is 5.13 Å². The van der Waals surface area contributed by atoms with Gasteiger partial charge in [-0.2, -0.15) is 0 Å². The number of anilines is 1. The van der Waals surface area contributed by atoms with Crippen LogP contribution in [-0.4, -0.2) is 47.6 Å². The molecule has 0 radical (unpaired) electrons. The number of esters is 1. The first-order chi connectivity index (χ1) is 17.9. The van der Waals surface area contributed by atoms with Gasteiger partial charge in [-0.05, 0) is 30.7 Å². The van der Waals surface area contributed by atoms with Gasteiger partial charge >= 0.3 is 11.9 Å². The second kappa shape index (κ2) is 9.90. The highest BCUT2D eigenvalue weighted by Crippen LogP contribution is 2.44. The molecule has 0 spiro atoms. The number of hydrogen-bond donors (Lipinski definition) is 1. The second-order valence-electron chi connectivity index (χ2n) is 8.24. The van der Waals surface area contributed by atoms with Crippen LogP contribution in [0.5, 0.6) is 11.5 Å². The van der Waals surface area contributed by atoms with Gasteiger partial charge in [0.25, 0.3) is 5.78 Å². The fraction of sp³-hybridized carbons (Fsp3) is 0.185. The Labute approximate surface area is 216 Å². The average molecular weight is 519 g/mol. The van der Waals surface area contributed by atoms with Gasteiger partial charge in [-0.25, -0.2) is 9.78 Å². The number of aromatic nitrogens is 1. The predicted molar refractivity (Wildman–Crippen MR) is 136 cm³/mol. The predicted octanol–water partition coefficient (Wildman–Crippen LogP) is 4.19. The van der Waals surface area contributed by atoms with Crippen LogP contribution < -0.4 is 14.4 Å². The molecule has 0 aliphatic carbocycles. The van der Waals surface area contributed by atoms with Crippen molar-refractivity contribution in [2.75, 3.05) is 24.7 Å². The largest absolute Gasteiger partial charge is 0.507 e. The third-order valence-electron chi connectivity index (χ3n) is 5.88. The molecule has 37 heavy (non-hydrogen) atoms. The van der Waals surface area contributed by atoms with E-state index in [1.807, 2.05) is 0 Å². The third kappa shape index (κ3) is 4.36. The molecule has 1 fully saturated rings. The van der Waals surface area contributed by atoms with E-state index < -0.39 is 23.7 Å². The van der Waals surface area contributed by atoms with E-state index in [9.17, 15) is 19.5 Å². The summed E-state index contributed by atoms with van der Waals surface area (Å²) in [5, 5.41) is 11.5. The zero-order valence-corrected chi connectivity index (χ0v) is 20.6. The van der Waals surface area contributed by atoms with E-state index >= 15 is 0 Å². The number of fused-ring (bicyclic) bond motifs is 1. The summed E-state index contributed by atoms with van der Waals surface area (Å²) in [6.07, 6.45) is 1.45.